The molecular weight excluding hydrogens is 345 g/mol. The fourth-order valence-corrected chi connectivity index (χ4v) is 2.36. The monoisotopic (exact) mass is 352 g/mol. The van der Waals surface area contributed by atoms with Crippen LogP contribution in [0.25, 0.3) is 16.8 Å². The maximum Gasteiger partial charge on any atom is 0.161 e. The van der Waals surface area contributed by atoms with Gasteiger partial charge < -0.3 is 0 Å². The Hall–Kier alpha value is -2.08. The minimum atomic E-state index is -1.23. The van der Waals surface area contributed by atoms with Crippen LogP contribution in [0.3, 0.4) is 0 Å². The summed E-state index contributed by atoms with van der Waals surface area (Å²) < 4.78 is 42.0. The van der Waals surface area contributed by atoms with E-state index < -0.39 is 17.5 Å². The van der Waals surface area contributed by atoms with Crippen LogP contribution in [-0.4, -0.2) is 9.78 Å². The summed E-state index contributed by atoms with van der Waals surface area (Å²) in [6.45, 7) is 0. The van der Waals surface area contributed by atoms with Crippen molar-refractivity contribution in [2.45, 2.75) is 0 Å². The zero-order valence-corrected chi connectivity index (χ0v) is 12.1. The van der Waals surface area contributed by atoms with Crippen LogP contribution in [0.5, 0.6) is 0 Å². The quantitative estimate of drug-likeness (QED) is 0.610. The van der Waals surface area contributed by atoms with Crippen molar-refractivity contribution in [2.24, 2.45) is 0 Å². The van der Waals surface area contributed by atoms with E-state index in [1.807, 2.05) is 24.3 Å². The maximum absolute atomic E-state index is 13.7. The van der Waals surface area contributed by atoms with Gasteiger partial charge in [0, 0.05) is 28.4 Å². The standard InChI is InChI=1S/C15H8BrF3N2/c16-11-3-1-2-9(4-11)10-7-20-21(8-10)15-6-13(18)12(17)5-14(15)19/h1-8H. The van der Waals surface area contributed by atoms with Gasteiger partial charge in [-0.05, 0) is 17.7 Å². The van der Waals surface area contributed by atoms with E-state index in [0.717, 1.165) is 21.7 Å². The summed E-state index contributed by atoms with van der Waals surface area (Å²) in [6, 6.07) is 8.77. The van der Waals surface area contributed by atoms with E-state index in [4.69, 9.17) is 0 Å². The van der Waals surface area contributed by atoms with Gasteiger partial charge in [-0.25, -0.2) is 17.9 Å². The highest BCUT2D eigenvalue weighted by molar-refractivity contribution is 9.10. The van der Waals surface area contributed by atoms with Crippen LogP contribution >= 0.6 is 15.9 Å². The highest BCUT2D eigenvalue weighted by Crippen LogP contribution is 2.24. The summed E-state index contributed by atoms with van der Waals surface area (Å²) in [5, 5.41) is 4.00. The second kappa shape index (κ2) is 5.37. The van der Waals surface area contributed by atoms with Crippen LogP contribution < -0.4 is 0 Å². The Morgan fingerprint density at radius 1 is 0.905 bits per heavy atom. The van der Waals surface area contributed by atoms with Crippen LogP contribution in [0, 0.1) is 17.5 Å². The summed E-state index contributed by atoms with van der Waals surface area (Å²) in [6.07, 6.45) is 3.08. The molecule has 0 saturated heterocycles. The van der Waals surface area contributed by atoms with Crippen molar-refractivity contribution >= 4 is 15.9 Å². The highest BCUT2D eigenvalue weighted by Gasteiger charge is 2.13. The van der Waals surface area contributed by atoms with Gasteiger partial charge in [-0.15, -0.1) is 0 Å². The lowest BCUT2D eigenvalue weighted by Gasteiger charge is -2.04. The molecule has 0 N–H and O–H groups in total. The van der Waals surface area contributed by atoms with Crippen molar-refractivity contribution in [1.82, 2.24) is 9.78 Å². The summed E-state index contributed by atoms with van der Waals surface area (Å²) in [5.74, 6) is -3.22. The molecular formula is C15H8BrF3N2. The third-order valence-electron chi connectivity index (χ3n) is 2.98. The first-order chi connectivity index (χ1) is 10.0. The van der Waals surface area contributed by atoms with E-state index in [-0.39, 0.29) is 5.69 Å². The first kappa shape index (κ1) is 13.9. The first-order valence-electron chi connectivity index (χ1n) is 6.00. The van der Waals surface area contributed by atoms with E-state index in [1.165, 1.54) is 10.9 Å². The van der Waals surface area contributed by atoms with Crippen molar-refractivity contribution < 1.29 is 13.2 Å². The van der Waals surface area contributed by atoms with Crippen molar-refractivity contribution in [3.63, 3.8) is 0 Å². The van der Waals surface area contributed by atoms with Crippen molar-refractivity contribution in [3.8, 4) is 16.8 Å². The lowest BCUT2D eigenvalue weighted by atomic mass is 10.1. The lowest BCUT2D eigenvalue weighted by molar-refractivity contribution is 0.491. The Labute approximate surface area is 127 Å². The summed E-state index contributed by atoms with van der Waals surface area (Å²) in [7, 11) is 0. The SMILES string of the molecule is Fc1cc(F)c(-n2cc(-c3cccc(Br)c3)cn2)cc1F. The van der Waals surface area contributed by atoms with Gasteiger partial charge in [0.05, 0.1) is 6.20 Å². The van der Waals surface area contributed by atoms with Gasteiger partial charge in [0.15, 0.2) is 17.5 Å². The van der Waals surface area contributed by atoms with E-state index >= 15 is 0 Å². The average molecular weight is 353 g/mol. The molecule has 1 heterocycles. The largest absolute Gasteiger partial charge is 0.237 e. The van der Waals surface area contributed by atoms with E-state index in [9.17, 15) is 13.2 Å². The van der Waals surface area contributed by atoms with E-state index in [0.29, 0.717) is 6.07 Å². The molecule has 1 aromatic heterocycles. The molecule has 0 spiro atoms. The number of halogens is 4. The number of benzene rings is 2. The molecule has 0 saturated carbocycles. The number of hydrogen-bond acceptors (Lipinski definition) is 1. The molecule has 0 aliphatic heterocycles. The van der Waals surface area contributed by atoms with Gasteiger partial charge in [-0.1, -0.05) is 28.1 Å². The minimum Gasteiger partial charge on any atom is -0.237 e. The van der Waals surface area contributed by atoms with Crippen molar-refractivity contribution in [1.29, 1.82) is 0 Å². The third kappa shape index (κ3) is 2.71. The van der Waals surface area contributed by atoms with Gasteiger partial charge in [0.1, 0.15) is 5.69 Å². The molecule has 106 valence electrons. The van der Waals surface area contributed by atoms with Gasteiger partial charge in [-0.2, -0.15) is 5.10 Å². The Morgan fingerprint density at radius 2 is 1.67 bits per heavy atom. The molecule has 0 aliphatic rings. The van der Waals surface area contributed by atoms with Gasteiger partial charge in [0.2, 0.25) is 0 Å². The summed E-state index contributed by atoms with van der Waals surface area (Å²) >= 11 is 3.36. The smallest absolute Gasteiger partial charge is 0.161 e. The molecule has 0 bridgehead atoms. The van der Waals surface area contributed by atoms with Gasteiger partial charge in [-0.3, -0.25) is 0 Å². The normalized spacial score (nSPS) is 10.9. The first-order valence-corrected chi connectivity index (χ1v) is 6.79. The zero-order valence-electron chi connectivity index (χ0n) is 10.5. The Morgan fingerprint density at radius 3 is 2.43 bits per heavy atom. The van der Waals surface area contributed by atoms with Crippen LogP contribution in [0.2, 0.25) is 0 Å². The molecule has 21 heavy (non-hydrogen) atoms. The molecule has 2 nitrogen and oxygen atoms in total. The fraction of sp³-hybridized carbons (Fsp3) is 0. The molecule has 0 radical (unpaired) electrons. The molecule has 0 unspecified atom stereocenters. The molecule has 2 aromatic carbocycles. The second-order valence-corrected chi connectivity index (χ2v) is 5.32. The Kier molecular flexibility index (Phi) is 3.55. The van der Waals surface area contributed by atoms with E-state index in [2.05, 4.69) is 21.0 Å². The molecule has 0 fully saturated rings. The van der Waals surface area contributed by atoms with Crippen LogP contribution in [0.4, 0.5) is 13.2 Å². The predicted molar refractivity (Wildman–Crippen MR) is 76.6 cm³/mol. The molecule has 0 aliphatic carbocycles. The van der Waals surface area contributed by atoms with Crippen molar-refractivity contribution in [2.75, 3.05) is 0 Å². The number of rotatable bonds is 2. The molecule has 3 rings (SSSR count). The Balaban J connectivity index is 2.05. The van der Waals surface area contributed by atoms with Crippen molar-refractivity contribution in [3.05, 3.63) is 70.7 Å². The van der Waals surface area contributed by atoms with Crippen LogP contribution in [0.1, 0.15) is 0 Å². The molecule has 3 aromatic rings. The molecule has 0 atom stereocenters. The summed E-state index contributed by atoms with van der Waals surface area (Å²) in [4.78, 5) is 0. The maximum atomic E-state index is 13.7. The Bertz CT molecular complexity index is 814. The number of nitrogens with zero attached hydrogens (tertiary/aromatic N) is 2. The highest BCUT2D eigenvalue weighted by atomic mass is 79.9. The van der Waals surface area contributed by atoms with Gasteiger partial charge in [0.25, 0.3) is 0 Å². The summed E-state index contributed by atoms with van der Waals surface area (Å²) in [5.41, 5.74) is 1.47. The number of hydrogen-bond donors (Lipinski definition) is 0. The van der Waals surface area contributed by atoms with E-state index in [1.54, 1.807) is 6.20 Å². The topological polar surface area (TPSA) is 17.8 Å². The average Bonchev–Trinajstić information content (AvgIpc) is 2.92. The van der Waals surface area contributed by atoms with Crippen LogP contribution in [0.15, 0.2) is 53.3 Å². The molecule has 6 heteroatoms. The number of aromatic nitrogens is 2. The minimum absolute atomic E-state index is 0.143. The predicted octanol–water partition coefficient (Wildman–Crippen LogP) is 4.72. The second-order valence-electron chi connectivity index (χ2n) is 4.40. The third-order valence-corrected chi connectivity index (χ3v) is 3.47. The van der Waals surface area contributed by atoms with Gasteiger partial charge >= 0.3 is 0 Å². The molecule has 0 amide bonds. The fourth-order valence-electron chi connectivity index (χ4n) is 1.96. The zero-order chi connectivity index (χ0) is 15.0. The van der Waals surface area contributed by atoms with Crippen LogP contribution in [-0.2, 0) is 0 Å². The lowest BCUT2D eigenvalue weighted by Crippen LogP contribution is -2.00.